The summed E-state index contributed by atoms with van der Waals surface area (Å²) in [5.74, 6) is 0. The van der Waals surface area contributed by atoms with Gasteiger partial charge in [0.15, 0.2) is 0 Å². The zero-order chi connectivity index (χ0) is 24.3. The number of nitrogens with zero attached hydrogens (tertiary/aromatic N) is 3. The molecule has 0 saturated carbocycles. The summed E-state index contributed by atoms with van der Waals surface area (Å²) < 4.78 is 0. The van der Waals surface area contributed by atoms with Gasteiger partial charge in [-0.1, -0.05) is 56.3 Å². The van der Waals surface area contributed by atoms with E-state index in [0.29, 0.717) is 0 Å². The van der Waals surface area contributed by atoms with Crippen LogP contribution in [0.25, 0.3) is 10.4 Å². The van der Waals surface area contributed by atoms with Crippen molar-refractivity contribution < 1.29 is 0 Å². The molecule has 4 rings (SSSR count). The standard InChI is InChI=1S/C31H29N3/c1-22-16-24(25-18-26(29(21-32)33-5)20-31(3,4)19-25)17-23(2)30(22)34(27-12-8-6-9-13-27)28-14-10-7-11-15-28/h6-18H,19-20H2,1-4H3/b29-26+. The number of aryl methyl sites for hydroxylation is 2. The highest BCUT2D eigenvalue weighted by molar-refractivity contribution is 5.83. The molecule has 0 radical (unpaired) electrons. The smallest absolute Gasteiger partial charge is 0.265 e. The molecular formula is C31H29N3. The maximum atomic E-state index is 9.45. The van der Waals surface area contributed by atoms with Gasteiger partial charge in [-0.3, -0.25) is 0 Å². The summed E-state index contributed by atoms with van der Waals surface area (Å²) in [6, 6.07) is 27.5. The van der Waals surface area contributed by atoms with E-state index in [-0.39, 0.29) is 11.1 Å². The number of hydrogen-bond donors (Lipinski definition) is 0. The van der Waals surface area contributed by atoms with Crippen molar-refractivity contribution in [1.82, 2.24) is 0 Å². The van der Waals surface area contributed by atoms with Crippen LogP contribution in [0.1, 0.15) is 43.4 Å². The number of anilines is 3. The van der Waals surface area contributed by atoms with E-state index in [1.807, 2.05) is 12.1 Å². The van der Waals surface area contributed by atoms with Gasteiger partial charge in [0.25, 0.3) is 5.70 Å². The van der Waals surface area contributed by atoms with Crippen molar-refractivity contribution >= 4 is 22.6 Å². The first-order chi connectivity index (χ1) is 16.3. The molecule has 0 bridgehead atoms. The summed E-state index contributed by atoms with van der Waals surface area (Å²) in [6.07, 6.45) is 3.72. The molecular weight excluding hydrogens is 414 g/mol. The van der Waals surface area contributed by atoms with Gasteiger partial charge in [0.2, 0.25) is 0 Å². The van der Waals surface area contributed by atoms with Crippen LogP contribution in [0.4, 0.5) is 17.1 Å². The Kier molecular flexibility index (Phi) is 6.40. The highest BCUT2D eigenvalue weighted by Crippen LogP contribution is 2.45. The van der Waals surface area contributed by atoms with E-state index in [2.05, 4.69) is 110 Å². The first-order valence-corrected chi connectivity index (χ1v) is 11.6. The van der Waals surface area contributed by atoms with E-state index in [4.69, 9.17) is 6.57 Å². The molecule has 0 fully saturated rings. The molecule has 1 aliphatic rings. The molecule has 3 heteroatoms. The van der Waals surface area contributed by atoms with Crippen molar-refractivity contribution in [3.8, 4) is 6.07 Å². The van der Waals surface area contributed by atoms with E-state index < -0.39 is 0 Å². The SMILES string of the molecule is [C-]#[N+]/C(C#N)=C1\C=C(c2cc(C)c(N(c3ccccc3)c3ccccc3)c(C)c2)CC(C)(C)C1. The third-order valence-electron chi connectivity index (χ3n) is 6.32. The molecule has 0 amide bonds. The molecule has 0 unspecified atom stereocenters. The van der Waals surface area contributed by atoms with Crippen molar-refractivity contribution in [2.24, 2.45) is 5.41 Å². The quantitative estimate of drug-likeness (QED) is 0.298. The summed E-state index contributed by atoms with van der Waals surface area (Å²) in [5.41, 5.74) is 9.16. The minimum absolute atomic E-state index is 0.00714. The molecule has 0 aromatic heterocycles. The zero-order valence-electron chi connectivity index (χ0n) is 20.3. The molecule has 3 aromatic carbocycles. The average molecular weight is 444 g/mol. The predicted octanol–water partition coefficient (Wildman–Crippen LogP) is 8.67. The van der Waals surface area contributed by atoms with Gasteiger partial charge in [-0.2, -0.15) is 0 Å². The van der Waals surface area contributed by atoms with Crippen LogP contribution < -0.4 is 4.90 Å². The monoisotopic (exact) mass is 443 g/mol. The number of para-hydroxylation sites is 2. The molecule has 0 saturated heterocycles. The Labute approximate surface area is 203 Å². The normalized spacial score (nSPS) is 16.1. The second kappa shape index (κ2) is 9.42. The molecule has 0 heterocycles. The van der Waals surface area contributed by atoms with Crippen LogP contribution >= 0.6 is 0 Å². The third kappa shape index (κ3) is 4.66. The van der Waals surface area contributed by atoms with Gasteiger partial charge >= 0.3 is 0 Å². The van der Waals surface area contributed by atoms with Crippen molar-refractivity contribution in [2.45, 2.75) is 40.5 Å². The first kappa shape index (κ1) is 23.1. The number of allylic oxidation sites excluding steroid dienone is 4. The van der Waals surface area contributed by atoms with Crippen LogP contribution in [0.3, 0.4) is 0 Å². The van der Waals surface area contributed by atoms with E-state index in [0.717, 1.165) is 35.4 Å². The molecule has 3 aromatic rings. The molecule has 0 spiro atoms. The highest BCUT2D eigenvalue weighted by atomic mass is 15.1. The summed E-state index contributed by atoms with van der Waals surface area (Å²) in [4.78, 5) is 5.79. The fourth-order valence-electron chi connectivity index (χ4n) is 4.97. The van der Waals surface area contributed by atoms with Crippen LogP contribution in [-0.2, 0) is 0 Å². The number of rotatable bonds is 4. The van der Waals surface area contributed by atoms with Gasteiger partial charge in [0.1, 0.15) is 0 Å². The van der Waals surface area contributed by atoms with Crippen molar-refractivity contribution in [3.05, 3.63) is 118 Å². The summed E-state index contributed by atoms with van der Waals surface area (Å²) in [5, 5.41) is 9.45. The van der Waals surface area contributed by atoms with E-state index >= 15 is 0 Å². The minimum atomic E-state index is -0.00714. The number of nitriles is 1. The second-order valence-electron chi connectivity index (χ2n) is 9.75. The van der Waals surface area contributed by atoms with Gasteiger partial charge in [-0.25, -0.2) is 10.1 Å². The Morgan fingerprint density at radius 1 is 0.912 bits per heavy atom. The Bertz CT molecular complexity index is 1270. The molecule has 1 aliphatic carbocycles. The van der Waals surface area contributed by atoms with E-state index in [9.17, 15) is 5.26 Å². The van der Waals surface area contributed by atoms with Crippen molar-refractivity contribution in [2.75, 3.05) is 4.90 Å². The summed E-state index contributed by atoms with van der Waals surface area (Å²) in [7, 11) is 0. The lowest BCUT2D eigenvalue weighted by atomic mass is 9.73. The van der Waals surface area contributed by atoms with Crippen LogP contribution in [-0.4, -0.2) is 0 Å². The highest BCUT2D eigenvalue weighted by Gasteiger charge is 2.28. The lowest BCUT2D eigenvalue weighted by Gasteiger charge is -2.33. The molecule has 0 N–H and O–H groups in total. The lowest BCUT2D eigenvalue weighted by Crippen LogP contribution is -2.18. The van der Waals surface area contributed by atoms with Gasteiger partial charge in [-0.15, -0.1) is 0 Å². The summed E-state index contributed by atoms with van der Waals surface area (Å²) in [6.45, 7) is 16.2. The maximum absolute atomic E-state index is 9.45. The van der Waals surface area contributed by atoms with Crippen molar-refractivity contribution in [1.29, 1.82) is 5.26 Å². The van der Waals surface area contributed by atoms with Crippen LogP contribution in [0, 0.1) is 37.2 Å². The lowest BCUT2D eigenvalue weighted by molar-refractivity contribution is 0.368. The van der Waals surface area contributed by atoms with Crippen LogP contribution in [0.5, 0.6) is 0 Å². The van der Waals surface area contributed by atoms with Crippen LogP contribution in [0.2, 0.25) is 0 Å². The Balaban J connectivity index is 1.86. The second-order valence-corrected chi connectivity index (χ2v) is 9.75. The van der Waals surface area contributed by atoms with Crippen LogP contribution in [0.15, 0.2) is 90.1 Å². The largest absolute Gasteiger partial charge is 0.310 e. The van der Waals surface area contributed by atoms with Gasteiger partial charge < -0.3 is 4.90 Å². The minimum Gasteiger partial charge on any atom is -0.310 e. The molecule has 3 nitrogen and oxygen atoms in total. The Morgan fingerprint density at radius 2 is 1.44 bits per heavy atom. The fraction of sp³-hybridized carbons (Fsp3) is 0.226. The topological polar surface area (TPSA) is 31.4 Å². The molecule has 168 valence electrons. The number of benzene rings is 3. The van der Waals surface area contributed by atoms with E-state index in [1.165, 1.54) is 22.4 Å². The Morgan fingerprint density at radius 3 is 1.91 bits per heavy atom. The predicted molar refractivity (Wildman–Crippen MR) is 141 cm³/mol. The molecule has 0 atom stereocenters. The zero-order valence-corrected chi connectivity index (χ0v) is 20.3. The maximum Gasteiger partial charge on any atom is 0.265 e. The fourth-order valence-corrected chi connectivity index (χ4v) is 4.97. The van der Waals surface area contributed by atoms with Gasteiger partial charge in [0.05, 0.1) is 18.3 Å². The molecule has 0 aliphatic heterocycles. The van der Waals surface area contributed by atoms with E-state index in [1.54, 1.807) is 0 Å². The first-order valence-electron chi connectivity index (χ1n) is 11.6. The Hall–Kier alpha value is -4.08. The van der Waals surface area contributed by atoms with Gasteiger partial charge in [0, 0.05) is 11.4 Å². The third-order valence-corrected chi connectivity index (χ3v) is 6.32. The summed E-state index contributed by atoms with van der Waals surface area (Å²) >= 11 is 0. The van der Waals surface area contributed by atoms with Gasteiger partial charge in [-0.05, 0) is 96.3 Å². The average Bonchev–Trinajstić information content (AvgIpc) is 2.82. The number of hydrogen-bond acceptors (Lipinski definition) is 2. The molecule has 34 heavy (non-hydrogen) atoms. The van der Waals surface area contributed by atoms with Crippen molar-refractivity contribution in [3.63, 3.8) is 0 Å².